The second-order valence-corrected chi connectivity index (χ2v) is 4.99. The molecule has 0 saturated carbocycles. The maximum atomic E-state index is 12.2. The molecule has 21 heavy (non-hydrogen) atoms. The highest BCUT2D eigenvalue weighted by Crippen LogP contribution is 2.13. The van der Waals surface area contributed by atoms with Gasteiger partial charge in [0.25, 0.3) is 5.91 Å². The molecule has 0 spiro atoms. The molecule has 5 nitrogen and oxygen atoms in total. The second kappa shape index (κ2) is 6.83. The van der Waals surface area contributed by atoms with Crippen LogP contribution in [0.4, 0.5) is 0 Å². The first-order valence-electron chi connectivity index (χ1n) is 7.06. The third-order valence-corrected chi connectivity index (χ3v) is 3.35. The second-order valence-electron chi connectivity index (χ2n) is 4.99. The van der Waals surface area contributed by atoms with E-state index in [1.54, 1.807) is 6.07 Å². The molecule has 1 aromatic carbocycles. The normalized spacial score (nSPS) is 12.0. The lowest BCUT2D eigenvalue weighted by molar-refractivity contribution is -0.120. The summed E-state index contributed by atoms with van der Waals surface area (Å²) in [4.78, 5) is 27.8. The van der Waals surface area contributed by atoms with Gasteiger partial charge in [-0.25, -0.2) is 0 Å². The zero-order valence-electron chi connectivity index (χ0n) is 12.0. The summed E-state index contributed by atoms with van der Waals surface area (Å²) in [6.45, 7) is 2.02. The molecule has 2 aromatic rings. The van der Waals surface area contributed by atoms with Crippen molar-refractivity contribution in [3.8, 4) is 0 Å². The summed E-state index contributed by atoms with van der Waals surface area (Å²) in [5.41, 5.74) is 6.58. The minimum Gasteiger partial charge on any atom is -0.368 e. The highest BCUT2D eigenvalue weighted by Gasteiger charge is 2.18. The molecule has 0 aliphatic heterocycles. The lowest BCUT2D eigenvalue weighted by Gasteiger charge is -2.15. The molecule has 0 fully saturated rings. The van der Waals surface area contributed by atoms with Crippen LogP contribution in [-0.4, -0.2) is 22.8 Å². The molecule has 0 unspecified atom stereocenters. The van der Waals surface area contributed by atoms with E-state index in [1.165, 1.54) is 6.20 Å². The van der Waals surface area contributed by atoms with Crippen LogP contribution in [0.1, 0.15) is 36.5 Å². The molecule has 1 atom stereocenters. The Bertz CT molecular complexity index is 655. The van der Waals surface area contributed by atoms with E-state index in [-0.39, 0.29) is 5.91 Å². The Hall–Kier alpha value is -2.43. The number of nitrogens with zero attached hydrogens (tertiary/aromatic N) is 1. The molecule has 0 saturated heterocycles. The Balaban J connectivity index is 2.15. The Labute approximate surface area is 123 Å². The van der Waals surface area contributed by atoms with Gasteiger partial charge in [-0.3, -0.25) is 14.6 Å². The van der Waals surface area contributed by atoms with E-state index in [4.69, 9.17) is 5.73 Å². The van der Waals surface area contributed by atoms with Gasteiger partial charge in [-0.05, 0) is 18.6 Å². The summed E-state index contributed by atoms with van der Waals surface area (Å²) in [7, 11) is 0. The van der Waals surface area contributed by atoms with E-state index in [2.05, 4.69) is 10.3 Å². The molecular weight excluding hydrogens is 266 g/mol. The van der Waals surface area contributed by atoms with Crippen molar-refractivity contribution in [1.29, 1.82) is 0 Å². The summed E-state index contributed by atoms with van der Waals surface area (Å²) in [5.74, 6) is -0.835. The minimum atomic E-state index is -0.635. The van der Waals surface area contributed by atoms with E-state index < -0.39 is 11.9 Å². The summed E-state index contributed by atoms with van der Waals surface area (Å²) < 4.78 is 0. The van der Waals surface area contributed by atoms with Crippen LogP contribution in [0.25, 0.3) is 10.9 Å². The number of pyridine rings is 1. The zero-order chi connectivity index (χ0) is 15.2. The first-order valence-corrected chi connectivity index (χ1v) is 7.06. The quantitative estimate of drug-likeness (QED) is 0.851. The van der Waals surface area contributed by atoms with Gasteiger partial charge in [0.15, 0.2) is 0 Å². The molecule has 0 aliphatic carbocycles. The molecular formula is C16H19N3O2. The van der Waals surface area contributed by atoms with E-state index in [1.807, 2.05) is 31.2 Å². The van der Waals surface area contributed by atoms with Crippen molar-refractivity contribution < 1.29 is 9.59 Å². The zero-order valence-corrected chi connectivity index (χ0v) is 12.0. The number of carbonyl (C=O) groups is 2. The highest BCUT2D eigenvalue weighted by molar-refractivity contribution is 5.99. The lowest BCUT2D eigenvalue weighted by Crippen LogP contribution is -2.44. The van der Waals surface area contributed by atoms with Gasteiger partial charge >= 0.3 is 0 Å². The van der Waals surface area contributed by atoms with E-state index in [0.29, 0.717) is 12.0 Å². The van der Waals surface area contributed by atoms with Gasteiger partial charge in [-0.1, -0.05) is 38.0 Å². The van der Waals surface area contributed by atoms with Crippen molar-refractivity contribution in [2.75, 3.05) is 0 Å². The minimum absolute atomic E-state index is 0.326. The van der Waals surface area contributed by atoms with E-state index in [0.717, 1.165) is 23.7 Å². The number of fused-ring (bicyclic) bond motifs is 1. The molecule has 5 heteroatoms. The number of nitrogens with one attached hydrogen (secondary N) is 1. The van der Waals surface area contributed by atoms with Crippen molar-refractivity contribution in [2.45, 2.75) is 32.2 Å². The van der Waals surface area contributed by atoms with Crippen molar-refractivity contribution in [3.05, 3.63) is 42.1 Å². The van der Waals surface area contributed by atoms with Gasteiger partial charge in [0.2, 0.25) is 5.91 Å². The number of carbonyl (C=O) groups excluding carboxylic acids is 2. The fourth-order valence-electron chi connectivity index (χ4n) is 2.13. The topological polar surface area (TPSA) is 85.1 Å². The number of nitrogens with two attached hydrogens (primary N) is 1. The van der Waals surface area contributed by atoms with Gasteiger partial charge < -0.3 is 11.1 Å². The number of aromatic nitrogens is 1. The van der Waals surface area contributed by atoms with E-state index in [9.17, 15) is 9.59 Å². The molecule has 0 radical (unpaired) electrons. The number of primary amides is 1. The predicted molar refractivity (Wildman–Crippen MR) is 81.7 cm³/mol. The summed E-state index contributed by atoms with van der Waals surface area (Å²) >= 11 is 0. The van der Waals surface area contributed by atoms with Crippen LogP contribution < -0.4 is 11.1 Å². The molecule has 110 valence electrons. The molecule has 1 aromatic heterocycles. The van der Waals surface area contributed by atoms with Crippen molar-refractivity contribution in [3.63, 3.8) is 0 Å². The number of para-hydroxylation sites is 1. The van der Waals surface area contributed by atoms with Crippen LogP contribution in [0.3, 0.4) is 0 Å². The van der Waals surface area contributed by atoms with Gasteiger partial charge in [-0.2, -0.15) is 0 Å². The number of hydrogen-bond acceptors (Lipinski definition) is 3. The monoisotopic (exact) mass is 285 g/mol. The van der Waals surface area contributed by atoms with Gasteiger partial charge in [0.05, 0.1) is 11.1 Å². The highest BCUT2D eigenvalue weighted by atomic mass is 16.2. The standard InChI is InChI=1S/C16H19N3O2/c1-2-3-7-14(15(17)20)19-16(21)12-9-11-6-4-5-8-13(11)18-10-12/h4-6,8-10,14H,2-3,7H2,1H3,(H2,17,20)(H,19,21)/t14-/m0/s1. The largest absolute Gasteiger partial charge is 0.368 e. The molecule has 2 rings (SSSR count). The van der Waals surface area contributed by atoms with Crippen LogP contribution in [0.2, 0.25) is 0 Å². The maximum absolute atomic E-state index is 12.2. The van der Waals surface area contributed by atoms with Crippen LogP contribution in [-0.2, 0) is 4.79 Å². The molecule has 2 amide bonds. The fourth-order valence-corrected chi connectivity index (χ4v) is 2.13. The molecule has 3 N–H and O–H groups in total. The van der Waals surface area contributed by atoms with Crippen molar-refractivity contribution >= 4 is 22.7 Å². The number of hydrogen-bond donors (Lipinski definition) is 2. The third kappa shape index (κ3) is 3.78. The van der Waals surface area contributed by atoms with Crippen LogP contribution >= 0.6 is 0 Å². The van der Waals surface area contributed by atoms with E-state index >= 15 is 0 Å². The SMILES string of the molecule is CCCC[C@H](NC(=O)c1cnc2ccccc2c1)C(N)=O. The van der Waals surface area contributed by atoms with Gasteiger partial charge in [0, 0.05) is 11.6 Å². The Morgan fingerprint density at radius 2 is 2.10 bits per heavy atom. The fraction of sp³-hybridized carbons (Fsp3) is 0.312. The Morgan fingerprint density at radius 3 is 2.81 bits per heavy atom. The summed E-state index contributed by atoms with van der Waals surface area (Å²) in [6.07, 6.45) is 3.84. The summed E-state index contributed by atoms with van der Waals surface area (Å²) in [6, 6.07) is 8.67. The third-order valence-electron chi connectivity index (χ3n) is 3.35. The Morgan fingerprint density at radius 1 is 1.33 bits per heavy atom. The van der Waals surface area contributed by atoms with Gasteiger partial charge in [0.1, 0.15) is 6.04 Å². The number of amides is 2. The summed E-state index contributed by atoms with van der Waals surface area (Å²) in [5, 5.41) is 3.56. The average molecular weight is 285 g/mol. The van der Waals surface area contributed by atoms with Crippen molar-refractivity contribution in [2.24, 2.45) is 5.73 Å². The Kier molecular flexibility index (Phi) is 4.87. The molecule has 0 aliphatic rings. The average Bonchev–Trinajstić information content (AvgIpc) is 2.50. The van der Waals surface area contributed by atoms with Crippen LogP contribution in [0, 0.1) is 0 Å². The first-order chi connectivity index (χ1) is 10.1. The number of unbranched alkanes of at least 4 members (excludes halogenated alkanes) is 1. The number of benzene rings is 1. The number of rotatable bonds is 6. The molecule has 0 bridgehead atoms. The predicted octanol–water partition coefficient (Wildman–Crippen LogP) is 2.01. The lowest BCUT2D eigenvalue weighted by atomic mass is 10.1. The first kappa shape index (κ1) is 15.0. The molecule has 1 heterocycles. The van der Waals surface area contributed by atoms with Gasteiger partial charge in [-0.15, -0.1) is 0 Å². The van der Waals surface area contributed by atoms with Crippen LogP contribution in [0.15, 0.2) is 36.5 Å². The maximum Gasteiger partial charge on any atom is 0.253 e. The smallest absolute Gasteiger partial charge is 0.253 e. The van der Waals surface area contributed by atoms with Crippen molar-refractivity contribution in [1.82, 2.24) is 10.3 Å². The van der Waals surface area contributed by atoms with Crippen LogP contribution in [0.5, 0.6) is 0 Å².